The van der Waals surface area contributed by atoms with Crippen molar-refractivity contribution in [2.24, 2.45) is 17.1 Å². The van der Waals surface area contributed by atoms with E-state index in [2.05, 4.69) is 0 Å². The van der Waals surface area contributed by atoms with Crippen LogP contribution < -0.4 is 5.73 Å². The molecule has 0 bridgehead atoms. The number of carboxylic acids is 1. The first-order valence-corrected chi connectivity index (χ1v) is 6.67. The van der Waals surface area contributed by atoms with Crippen molar-refractivity contribution in [3.63, 3.8) is 0 Å². The van der Waals surface area contributed by atoms with Crippen LogP contribution in [0.2, 0.25) is 0 Å². The van der Waals surface area contributed by atoms with Crippen LogP contribution in [0.1, 0.15) is 39.5 Å². The minimum atomic E-state index is -0.807. The van der Waals surface area contributed by atoms with Gasteiger partial charge in [0.25, 0.3) is 0 Å². The van der Waals surface area contributed by atoms with Crippen LogP contribution in [-0.2, 0) is 9.59 Å². The van der Waals surface area contributed by atoms with Gasteiger partial charge in [0, 0.05) is 18.6 Å². The van der Waals surface area contributed by atoms with E-state index in [-0.39, 0.29) is 18.0 Å². The lowest BCUT2D eigenvalue weighted by Crippen LogP contribution is -2.51. The fourth-order valence-corrected chi connectivity index (χ4v) is 3.34. The number of rotatable bonds is 2. The molecular weight excluding hydrogens is 232 g/mol. The normalized spacial score (nSPS) is 40.2. The number of carboxylic acid groups (broad SMARTS) is 1. The van der Waals surface area contributed by atoms with E-state index in [0.29, 0.717) is 13.0 Å². The minimum Gasteiger partial charge on any atom is -0.481 e. The van der Waals surface area contributed by atoms with Crippen molar-refractivity contribution < 1.29 is 14.7 Å². The van der Waals surface area contributed by atoms with Gasteiger partial charge in [-0.05, 0) is 33.1 Å². The predicted octanol–water partition coefficient (Wildman–Crippen LogP) is 0.825. The van der Waals surface area contributed by atoms with Crippen molar-refractivity contribution in [2.45, 2.75) is 51.6 Å². The quantitative estimate of drug-likeness (QED) is 0.764. The molecule has 2 fully saturated rings. The molecule has 1 amide bonds. The maximum Gasteiger partial charge on any atom is 0.308 e. The molecule has 2 aliphatic rings. The van der Waals surface area contributed by atoms with E-state index in [0.717, 1.165) is 19.3 Å². The lowest BCUT2D eigenvalue weighted by Gasteiger charge is -2.35. The molecule has 1 heterocycles. The average Bonchev–Trinajstić information content (AvgIpc) is 2.83. The molecule has 3 N–H and O–H groups in total. The summed E-state index contributed by atoms with van der Waals surface area (Å²) >= 11 is 0. The van der Waals surface area contributed by atoms with Gasteiger partial charge < -0.3 is 15.7 Å². The van der Waals surface area contributed by atoms with Crippen LogP contribution in [0.5, 0.6) is 0 Å². The molecular formula is C13H22N2O3. The number of amides is 1. The third-order valence-corrected chi connectivity index (χ3v) is 4.85. The van der Waals surface area contributed by atoms with Gasteiger partial charge in [-0.15, -0.1) is 0 Å². The number of aliphatic carboxylic acids is 1. The summed E-state index contributed by atoms with van der Waals surface area (Å²) in [4.78, 5) is 25.4. The Balaban J connectivity index is 2.13. The van der Waals surface area contributed by atoms with Gasteiger partial charge in [0.15, 0.2) is 0 Å². The van der Waals surface area contributed by atoms with E-state index in [4.69, 9.17) is 10.8 Å². The van der Waals surface area contributed by atoms with E-state index >= 15 is 0 Å². The highest BCUT2D eigenvalue weighted by Crippen LogP contribution is 2.40. The number of nitrogens with two attached hydrogens (primary N) is 1. The first kappa shape index (κ1) is 13.3. The summed E-state index contributed by atoms with van der Waals surface area (Å²) in [6.45, 7) is 4.29. The fraction of sp³-hybridized carbons (Fsp3) is 0.846. The maximum absolute atomic E-state index is 12.6. The fourth-order valence-electron chi connectivity index (χ4n) is 3.34. The number of hydrogen-bond donors (Lipinski definition) is 2. The second kappa shape index (κ2) is 4.53. The van der Waals surface area contributed by atoms with E-state index < -0.39 is 17.3 Å². The highest BCUT2D eigenvalue weighted by atomic mass is 16.4. The van der Waals surface area contributed by atoms with Crippen molar-refractivity contribution in [3.8, 4) is 0 Å². The molecule has 1 aliphatic heterocycles. The SMILES string of the molecule is CC1C(C(=O)O)CCN1C(=O)C1(C)CCCC1N. The second-order valence-corrected chi connectivity index (χ2v) is 5.89. The van der Waals surface area contributed by atoms with Gasteiger partial charge in [0.1, 0.15) is 0 Å². The van der Waals surface area contributed by atoms with Crippen LogP contribution >= 0.6 is 0 Å². The van der Waals surface area contributed by atoms with E-state index in [1.807, 2.05) is 13.8 Å². The van der Waals surface area contributed by atoms with Gasteiger partial charge in [-0.25, -0.2) is 0 Å². The topological polar surface area (TPSA) is 83.6 Å². The molecule has 0 aromatic heterocycles. The van der Waals surface area contributed by atoms with Gasteiger partial charge in [-0.3, -0.25) is 9.59 Å². The standard InChI is InChI=1S/C13H22N2O3/c1-8-9(11(16)17)5-7-15(8)12(18)13(2)6-3-4-10(13)14/h8-10H,3-7,14H2,1-2H3,(H,16,17). The zero-order valence-electron chi connectivity index (χ0n) is 11.1. The summed E-state index contributed by atoms with van der Waals surface area (Å²) in [5.74, 6) is -1.20. The van der Waals surface area contributed by atoms with Gasteiger partial charge >= 0.3 is 5.97 Å². The molecule has 102 valence electrons. The summed E-state index contributed by atoms with van der Waals surface area (Å²) in [5.41, 5.74) is 5.56. The zero-order valence-corrected chi connectivity index (χ0v) is 11.1. The average molecular weight is 254 g/mol. The summed E-state index contributed by atoms with van der Waals surface area (Å²) < 4.78 is 0. The molecule has 0 spiro atoms. The van der Waals surface area contributed by atoms with Crippen molar-refractivity contribution in [3.05, 3.63) is 0 Å². The van der Waals surface area contributed by atoms with Crippen molar-refractivity contribution in [1.29, 1.82) is 0 Å². The summed E-state index contributed by atoms with van der Waals surface area (Å²) in [6, 6.07) is -0.319. The lowest BCUT2D eigenvalue weighted by molar-refractivity contribution is -0.145. The van der Waals surface area contributed by atoms with Gasteiger partial charge in [0.2, 0.25) is 5.91 Å². The molecule has 0 aromatic carbocycles. The van der Waals surface area contributed by atoms with Crippen molar-refractivity contribution >= 4 is 11.9 Å². The van der Waals surface area contributed by atoms with Crippen LogP contribution in [0, 0.1) is 11.3 Å². The Morgan fingerprint density at radius 3 is 2.50 bits per heavy atom. The second-order valence-electron chi connectivity index (χ2n) is 5.89. The van der Waals surface area contributed by atoms with Gasteiger partial charge in [-0.2, -0.15) is 0 Å². The zero-order chi connectivity index (χ0) is 13.5. The Labute approximate surface area is 107 Å². The predicted molar refractivity (Wildman–Crippen MR) is 66.9 cm³/mol. The number of carbonyl (C=O) groups excluding carboxylic acids is 1. The number of nitrogens with zero attached hydrogens (tertiary/aromatic N) is 1. The molecule has 0 aromatic rings. The molecule has 2 rings (SSSR count). The molecule has 0 radical (unpaired) electrons. The first-order chi connectivity index (χ1) is 8.38. The first-order valence-electron chi connectivity index (χ1n) is 6.67. The molecule has 1 aliphatic carbocycles. The molecule has 5 nitrogen and oxygen atoms in total. The Hall–Kier alpha value is -1.10. The van der Waals surface area contributed by atoms with Crippen LogP contribution in [0.15, 0.2) is 0 Å². The Morgan fingerprint density at radius 2 is 2.06 bits per heavy atom. The third kappa shape index (κ3) is 1.90. The van der Waals surface area contributed by atoms with Crippen molar-refractivity contribution in [2.75, 3.05) is 6.54 Å². The molecule has 1 saturated carbocycles. The lowest BCUT2D eigenvalue weighted by atomic mass is 9.83. The molecule has 1 saturated heterocycles. The van der Waals surface area contributed by atoms with E-state index in [1.54, 1.807) is 4.90 Å². The Morgan fingerprint density at radius 1 is 1.39 bits per heavy atom. The molecule has 5 heteroatoms. The van der Waals surface area contributed by atoms with E-state index in [9.17, 15) is 9.59 Å². The van der Waals surface area contributed by atoms with Crippen LogP contribution in [0.25, 0.3) is 0 Å². The Kier molecular flexibility index (Phi) is 3.36. The number of carbonyl (C=O) groups is 2. The largest absolute Gasteiger partial charge is 0.481 e. The number of hydrogen-bond acceptors (Lipinski definition) is 3. The third-order valence-electron chi connectivity index (χ3n) is 4.85. The molecule has 18 heavy (non-hydrogen) atoms. The summed E-state index contributed by atoms with van der Waals surface area (Å²) in [7, 11) is 0. The smallest absolute Gasteiger partial charge is 0.308 e. The number of likely N-dealkylation sites (tertiary alicyclic amines) is 1. The summed E-state index contributed by atoms with van der Waals surface area (Å²) in [6.07, 6.45) is 3.22. The molecule has 4 unspecified atom stereocenters. The highest BCUT2D eigenvalue weighted by molar-refractivity contribution is 5.85. The summed E-state index contributed by atoms with van der Waals surface area (Å²) in [5, 5.41) is 9.10. The van der Waals surface area contributed by atoms with Gasteiger partial charge in [0.05, 0.1) is 11.3 Å². The monoisotopic (exact) mass is 254 g/mol. The van der Waals surface area contributed by atoms with Crippen LogP contribution in [0.3, 0.4) is 0 Å². The van der Waals surface area contributed by atoms with Crippen LogP contribution in [-0.4, -0.2) is 40.5 Å². The van der Waals surface area contributed by atoms with Crippen molar-refractivity contribution in [1.82, 2.24) is 4.90 Å². The van der Waals surface area contributed by atoms with Crippen LogP contribution in [0.4, 0.5) is 0 Å². The van der Waals surface area contributed by atoms with E-state index in [1.165, 1.54) is 0 Å². The minimum absolute atomic E-state index is 0.0451. The molecule has 4 atom stereocenters. The Bertz CT molecular complexity index is 371. The highest BCUT2D eigenvalue weighted by Gasteiger charge is 2.49. The van der Waals surface area contributed by atoms with Gasteiger partial charge in [-0.1, -0.05) is 6.42 Å². The maximum atomic E-state index is 12.6.